The summed E-state index contributed by atoms with van der Waals surface area (Å²) in [5.74, 6) is -1.85. The van der Waals surface area contributed by atoms with Gasteiger partial charge < -0.3 is 9.47 Å². The van der Waals surface area contributed by atoms with Gasteiger partial charge in [-0.05, 0) is 75.8 Å². The molecule has 0 spiro atoms. The smallest absolute Gasteiger partial charge is 0.420 e. The van der Waals surface area contributed by atoms with Gasteiger partial charge in [0.1, 0.15) is 23.6 Å². The third-order valence-electron chi connectivity index (χ3n) is 6.26. The molecule has 1 aromatic carbocycles. The van der Waals surface area contributed by atoms with Crippen LogP contribution in [-0.2, 0) is 20.4 Å². The Kier molecular flexibility index (Phi) is 6.84. The number of halogens is 4. The summed E-state index contributed by atoms with van der Waals surface area (Å²) >= 11 is 0. The summed E-state index contributed by atoms with van der Waals surface area (Å²) in [6.07, 6.45) is -1.58. The van der Waals surface area contributed by atoms with Crippen LogP contribution in [0.2, 0.25) is 0 Å². The number of carbonyl (C=O) groups excluding carboxylic acids is 2. The first kappa shape index (κ1) is 22.7. The van der Waals surface area contributed by atoms with Crippen molar-refractivity contribution in [2.45, 2.75) is 70.8 Å². The van der Waals surface area contributed by atoms with E-state index < -0.39 is 35.2 Å². The third kappa shape index (κ3) is 5.02. The lowest BCUT2D eigenvalue weighted by molar-refractivity contribution is -0.140. The first-order valence-corrected chi connectivity index (χ1v) is 10.3. The van der Waals surface area contributed by atoms with Crippen molar-refractivity contribution < 1.29 is 36.6 Å². The maximum atomic E-state index is 14.1. The number of rotatable bonds is 4. The minimum atomic E-state index is -4.99. The molecule has 3 rings (SSSR count). The van der Waals surface area contributed by atoms with E-state index in [1.165, 1.54) is 13.8 Å². The maximum absolute atomic E-state index is 14.1. The standard InChI is InChI=1S/C22H26F4O4/c1-12-3-9-17(19(20(12)23)22(24,25)26)21(28)30-16-7-4-14(5-8-16)15-6-10-18(13(2)27)29-11-15/h3,9,14-16,18H,4-8,10-11H2,1-2H3. The molecule has 0 amide bonds. The van der Waals surface area contributed by atoms with Crippen molar-refractivity contribution in [2.24, 2.45) is 11.8 Å². The highest BCUT2D eigenvalue weighted by Gasteiger charge is 2.40. The number of hydrogen-bond donors (Lipinski definition) is 0. The molecular formula is C22H26F4O4. The Morgan fingerprint density at radius 2 is 1.67 bits per heavy atom. The Balaban J connectivity index is 1.58. The van der Waals surface area contributed by atoms with Crippen LogP contribution < -0.4 is 0 Å². The normalized spacial score (nSPS) is 27.5. The molecule has 2 unspecified atom stereocenters. The zero-order valence-electron chi connectivity index (χ0n) is 17.1. The summed E-state index contributed by atoms with van der Waals surface area (Å²) in [5.41, 5.74) is -2.54. The van der Waals surface area contributed by atoms with Crippen molar-refractivity contribution in [1.29, 1.82) is 0 Å². The lowest BCUT2D eigenvalue weighted by Gasteiger charge is -2.37. The van der Waals surface area contributed by atoms with Gasteiger partial charge in [0.05, 0.1) is 12.2 Å². The van der Waals surface area contributed by atoms with Crippen LogP contribution in [0.3, 0.4) is 0 Å². The molecule has 1 aliphatic heterocycles. The zero-order chi connectivity index (χ0) is 22.1. The predicted molar refractivity (Wildman–Crippen MR) is 100 cm³/mol. The Morgan fingerprint density at radius 1 is 1.03 bits per heavy atom. The molecule has 0 radical (unpaired) electrons. The molecule has 1 aromatic rings. The van der Waals surface area contributed by atoms with Crippen LogP contribution in [0.4, 0.5) is 17.6 Å². The zero-order valence-corrected chi connectivity index (χ0v) is 17.1. The number of ketones is 1. The summed E-state index contributed by atoms with van der Waals surface area (Å²) < 4.78 is 64.9. The first-order valence-electron chi connectivity index (χ1n) is 10.3. The van der Waals surface area contributed by atoms with Gasteiger partial charge >= 0.3 is 12.1 Å². The predicted octanol–water partition coefficient (Wildman–Crippen LogP) is 5.25. The molecule has 2 atom stereocenters. The van der Waals surface area contributed by atoms with Crippen LogP contribution >= 0.6 is 0 Å². The van der Waals surface area contributed by atoms with Crippen LogP contribution in [0.5, 0.6) is 0 Å². The van der Waals surface area contributed by atoms with Crippen LogP contribution in [0.25, 0.3) is 0 Å². The van der Waals surface area contributed by atoms with Crippen LogP contribution in [0.1, 0.15) is 66.9 Å². The second kappa shape index (κ2) is 9.04. The summed E-state index contributed by atoms with van der Waals surface area (Å²) in [7, 11) is 0. The Labute approximate surface area is 172 Å². The van der Waals surface area contributed by atoms with Crippen LogP contribution in [0, 0.1) is 24.6 Å². The van der Waals surface area contributed by atoms with Crippen molar-refractivity contribution in [3.05, 3.63) is 34.6 Å². The quantitative estimate of drug-likeness (QED) is 0.484. The Hall–Kier alpha value is -1.96. The molecule has 1 heterocycles. The van der Waals surface area contributed by atoms with E-state index in [0.717, 1.165) is 31.4 Å². The molecule has 166 valence electrons. The van der Waals surface area contributed by atoms with Gasteiger partial charge in [0, 0.05) is 0 Å². The van der Waals surface area contributed by atoms with E-state index in [0.29, 0.717) is 37.7 Å². The molecule has 4 nitrogen and oxygen atoms in total. The Morgan fingerprint density at radius 3 is 2.20 bits per heavy atom. The minimum absolute atomic E-state index is 0.0369. The highest BCUT2D eigenvalue weighted by molar-refractivity contribution is 5.91. The fourth-order valence-corrected chi connectivity index (χ4v) is 4.48. The summed E-state index contributed by atoms with van der Waals surface area (Å²) in [6, 6.07) is 2.12. The van der Waals surface area contributed by atoms with E-state index >= 15 is 0 Å². The van der Waals surface area contributed by atoms with Crippen LogP contribution in [0.15, 0.2) is 12.1 Å². The van der Waals surface area contributed by atoms with E-state index in [9.17, 15) is 27.2 Å². The third-order valence-corrected chi connectivity index (χ3v) is 6.26. The van der Waals surface area contributed by atoms with Crippen molar-refractivity contribution in [1.82, 2.24) is 0 Å². The van der Waals surface area contributed by atoms with Gasteiger partial charge in [-0.1, -0.05) is 6.07 Å². The fraction of sp³-hybridized carbons (Fsp3) is 0.636. The van der Waals surface area contributed by atoms with Gasteiger partial charge in [-0.15, -0.1) is 0 Å². The van der Waals surface area contributed by atoms with E-state index in [1.54, 1.807) is 0 Å². The van der Waals surface area contributed by atoms with Gasteiger partial charge in [0.25, 0.3) is 0 Å². The average Bonchev–Trinajstić information content (AvgIpc) is 2.69. The molecule has 2 fully saturated rings. The van der Waals surface area contributed by atoms with Crippen molar-refractivity contribution in [2.75, 3.05) is 6.61 Å². The summed E-state index contributed by atoms with van der Waals surface area (Å²) in [4.78, 5) is 23.8. The SMILES string of the molecule is CC(=O)C1CCC(C2CCC(OC(=O)c3ccc(C)c(F)c3C(F)(F)F)CC2)CO1. The topological polar surface area (TPSA) is 52.6 Å². The second-order valence-electron chi connectivity index (χ2n) is 8.33. The van der Waals surface area contributed by atoms with E-state index in [1.807, 2.05) is 0 Å². The fourth-order valence-electron chi connectivity index (χ4n) is 4.48. The number of hydrogen-bond acceptors (Lipinski definition) is 4. The molecule has 1 saturated carbocycles. The number of aryl methyl sites for hydroxylation is 1. The summed E-state index contributed by atoms with van der Waals surface area (Å²) in [6.45, 7) is 3.26. The van der Waals surface area contributed by atoms with E-state index in [4.69, 9.17) is 9.47 Å². The summed E-state index contributed by atoms with van der Waals surface area (Å²) in [5, 5.41) is 0. The number of ether oxygens (including phenoxy) is 2. The monoisotopic (exact) mass is 430 g/mol. The molecule has 0 aromatic heterocycles. The largest absolute Gasteiger partial charge is 0.459 e. The number of benzene rings is 1. The second-order valence-corrected chi connectivity index (χ2v) is 8.33. The number of carbonyl (C=O) groups is 2. The lowest BCUT2D eigenvalue weighted by Crippen LogP contribution is -2.36. The van der Waals surface area contributed by atoms with Crippen molar-refractivity contribution >= 4 is 11.8 Å². The molecule has 8 heteroatoms. The molecule has 1 aliphatic carbocycles. The van der Waals surface area contributed by atoms with E-state index in [-0.39, 0.29) is 17.5 Å². The maximum Gasteiger partial charge on any atom is 0.420 e. The number of esters is 1. The highest BCUT2D eigenvalue weighted by Crippen LogP contribution is 2.38. The molecule has 2 aliphatic rings. The van der Waals surface area contributed by atoms with Gasteiger partial charge in [0.2, 0.25) is 0 Å². The van der Waals surface area contributed by atoms with Gasteiger partial charge in [-0.25, -0.2) is 9.18 Å². The number of Topliss-reactive ketones (excluding diaryl/α,β-unsaturated/α-hetero) is 1. The number of alkyl halides is 3. The van der Waals surface area contributed by atoms with Gasteiger partial charge in [-0.2, -0.15) is 13.2 Å². The Bertz CT molecular complexity index is 789. The molecule has 0 bridgehead atoms. The van der Waals surface area contributed by atoms with Gasteiger partial charge in [-0.3, -0.25) is 4.79 Å². The molecular weight excluding hydrogens is 404 g/mol. The lowest BCUT2D eigenvalue weighted by atomic mass is 9.76. The first-order chi connectivity index (χ1) is 14.1. The van der Waals surface area contributed by atoms with Crippen molar-refractivity contribution in [3.63, 3.8) is 0 Å². The minimum Gasteiger partial charge on any atom is -0.459 e. The molecule has 1 saturated heterocycles. The molecule has 30 heavy (non-hydrogen) atoms. The van der Waals surface area contributed by atoms with Crippen LogP contribution in [-0.4, -0.2) is 30.6 Å². The average molecular weight is 430 g/mol. The molecule has 0 N–H and O–H groups in total. The highest BCUT2D eigenvalue weighted by atomic mass is 19.4. The van der Waals surface area contributed by atoms with Crippen molar-refractivity contribution in [3.8, 4) is 0 Å². The van der Waals surface area contributed by atoms with Gasteiger partial charge in [0.15, 0.2) is 5.78 Å². The van der Waals surface area contributed by atoms with E-state index in [2.05, 4.69) is 0 Å².